The molecule has 2 aliphatic rings. The van der Waals surface area contributed by atoms with E-state index < -0.39 is 10.0 Å². The lowest BCUT2D eigenvalue weighted by atomic mass is 10.0. The smallest absolute Gasteiger partial charge is 0.214 e. The van der Waals surface area contributed by atoms with Gasteiger partial charge >= 0.3 is 0 Å². The summed E-state index contributed by atoms with van der Waals surface area (Å²) in [5, 5.41) is 3.29. The molecule has 2 aliphatic heterocycles. The number of piperidine rings is 2. The van der Waals surface area contributed by atoms with E-state index in [4.69, 9.17) is 0 Å². The third-order valence-corrected chi connectivity index (χ3v) is 6.55. The molecule has 0 bridgehead atoms. The van der Waals surface area contributed by atoms with Crippen molar-refractivity contribution in [2.75, 3.05) is 46.0 Å². The van der Waals surface area contributed by atoms with Gasteiger partial charge in [0.15, 0.2) is 0 Å². The molecule has 19 heavy (non-hydrogen) atoms. The van der Waals surface area contributed by atoms with Gasteiger partial charge in [0.25, 0.3) is 0 Å². The van der Waals surface area contributed by atoms with Gasteiger partial charge in [-0.1, -0.05) is 0 Å². The van der Waals surface area contributed by atoms with Crippen LogP contribution in [0.15, 0.2) is 0 Å². The number of nitrogens with zero attached hydrogens (tertiary/aromatic N) is 2. The molecule has 5 nitrogen and oxygen atoms in total. The standard InChI is InChI=1S/C13H27N3O2S/c1-15-8-5-13(6-9-15)16(2)19(17,18)11-12-4-3-7-14-10-12/h12-14H,3-11H2,1-2H3. The summed E-state index contributed by atoms with van der Waals surface area (Å²) in [6.45, 7) is 3.87. The fourth-order valence-electron chi connectivity index (χ4n) is 3.07. The van der Waals surface area contributed by atoms with E-state index >= 15 is 0 Å². The van der Waals surface area contributed by atoms with Crippen LogP contribution in [0, 0.1) is 5.92 Å². The van der Waals surface area contributed by atoms with Crippen molar-refractivity contribution in [1.82, 2.24) is 14.5 Å². The highest BCUT2D eigenvalue weighted by Gasteiger charge is 2.31. The van der Waals surface area contributed by atoms with E-state index in [1.165, 1.54) is 0 Å². The van der Waals surface area contributed by atoms with Gasteiger partial charge in [-0.2, -0.15) is 0 Å². The maximum Gasteiger partial charge on any atom is 0.214 e. The van der Waals surface area contributed by atoms with Gasteiger partial charge in [-0.3, -0.25) is 0 Å². The first kappa shape index (κ1) is 15.2. The third-order valence-electron chi connectivity index (χ3n) is 4.49. The second kappa shape index (κ2) is 6.52. The molecule has 0 aromatic carbocycles. The minimum absolute atomic E-state index is 0.192. The average Bonchev–Trinajstić information content (AvgIpc) is 2.39. The zero-order valence-corrected chi connectivity index (χ0v) is 13.0. The number of sulfonamides is 1. The lowest BCUT2D eigenvalue weighted by Gasteiger charge is -2.35. The van der Waals surface area contributed by atoms with Crippen molar-refractivity contribution in [1.29, 1.82) is 0 Å². The van der Waals surface area contributed by atoms with Gasteiger partial charge in [-0.05, 0) is 64.8 Å². The predicted octanol–water partition coefficient (Wildman–Crippen LogP) is 0.342. The summed E-state index contributed by atoms with van der Waals surface area (Å²) in [5.41, 5.74) is 0. The summed E-state index contributed by atoms with van der Waals surface area (Å²) in [5.74, 6) is 0.593. The normalized spacial score (nSPS) is 27.8. The van der Waals surface area contributed by atoms with Crippen molar-refractivity contribution in [3.63, 3.8) is 0 Å². The maximum atomic E-state index is 12.5. The molecule has 1 N–H and O–H groups in total. The number of hydrogen-bond acceptors (Lipinski definition) is 4. The fourth-order valence-corrected chi connectivity index (χ4v) is 4.85. The van der Waals surface area contributed by atoms with Crippen molar-refractivity contribution in [2.45, 2.75) is 31.7 Å². The van der Waals surface area contributed by atoms with Gasteiger partial charge in [0.2, 0.25) is 10.0 Å². The summed E-state index contributed by atoms with van der Waals surface area (Å²) in [4.78, 5) is 2.27. The zero-order chi connectivity index (χ0) is 13.9. The zero-order valence-electron chi connectivity index (χ0n) is 12.1. The van der Waals surface area contributed by atoms with Crippen molar-refractivity contribution in [3.8, 4) is 0 Å². The second-order valence-corrected chi connectivity index (χ2v) is 8.11. The van der Waals surface area contributed by atoms with Crippen LogP contribution in [0.4, 0.5) is 0 Å². The first-order valence-corrected chi connectivity index (χ1v) is 8.95. The Balaban J connectivity index is 1.90. The summed E-state index contributed by atoms with van der Waals surface area (Å²) >= 11 is 0. The highest BCUT2D eigenvalue weighted by Crippen LogP contribution is 2.20. The highest BCUT2D eigenvalue weighted by atomic mass is 32.2. The Hall–Kier alpha value is -0.170. The molecule has 0 aliphatic carbocycles. The van der Waals surface area contributed by atoms with E-state index in [0.717, 1.165) is 51.9 Å². The molecule has 112 valence electrons. The minimum Gasteiger partial charge on any atom is -0.316 e. The summed E-state index contributed by atoms with van der Waals surface area (Å²) in [6, 6.07) is 0.192. The Bertz CT molecular complexity index is 371. The van der Waals surface area contributed by atoms with Crippen LogP contribution >= 0.6 is 0 Å². The van der Waals surface area contributed by atoms with E-state index in [2.05, 4.69) is 17.3 Å². The van der Waals surface area contributed by atoms with E-state index in [0.29, 0.717) is 5.75 Å². The Kier molecular flexibility index (Phi) is 5.22. The first-order valence-electron chi connectivity index (χ1n) is 7.34. The van der Waals surface area contributed by atoms with Crippen LogP contribution in [0.1, 0.15) is 25.7 Å². The van der Waals surface area contributed by atoms with E-state index in [9.17, 15) is 8.42 Å². The molecule has 0 spiro atoms. The molecule has 0 radical (unpaired) electrons. The monoisotopic (exact) mass is 289 g/mol. The highest BCUT2D eigenvalue weighted by molar-refractivity contribution is 7.89. The molecule has 2 saturated heterocycles. The molecule has 2 rings (SSSR count). The summed E-state index contributed by atoms with van der Waals surface area (Å²) in [6.07, 6.45) is 4.04. The number of hydrogen-bond donors (Lipinski definition) is 1. The Morgan fingerprint density at radius 2 is 1.95 bits per heavy atom. The van der Waals surface area contributed by atoms with Crippen LogP contribution in [0.25, 0.3) is 0 Å². The topological polar surface area (TPSA) is 52.7 Å². The SMILES string of the molecule is CN1CCC(N(C)S(=O)(=O)CC2CCCNC2)CC1. The van der Waals surface area contributed by atoms with Gasteiger partial charge in [0.1, 0.15) is 0 Å². The molecule has 1 unspecified atom stereocenters. The van der Waals surface area contributed by atoms with Crippen LogP contribution in [-0.2, 0) is 10.0 Å². The molecule has 0 amide bonds. The van der Waals surface area contributed by atoms with Gasteiger partial charge < -0.3 is 10.2 Å². The van der Waals surface area contributed by atoms with Crippen LogP contribution in [-0.4, -0.2) is 69.7 Å². The number of likely N-dealkylation sites (tertiary alicyclic amines) is 1. The largest absolute Gasteiger partial charge is 0.316 e. The van der Waals surface area contributed by atoms with Crippen LogP contribution in [0.2, 0.25) is 0 Å². The second-order valence-electron chi connectivity index (χ2n) is 6.04. The molecule has 2 heterocycles. The Morgan fingerprint density at radius 1 is 1.26 bits per heavy atom. The quantitative estimate of drug-likeness (QED) is 0.811. The third kappa shape index (κ3) is 4.15. The van der Waals surface area contributed by atoms with E-state index in [-0.39, 0.29) is 12.0 Å². The Labute approximate surface area is 117 Å². The van der Waals surface area contributed by atoms with E-state index in [1.807, 2.05) is 0 Å². The van der Waals surface area contributed by atoms with Crippen molar-refractivity contribution in [3.05, 3.63) is 0 Å². The Morgan fingerprint density at radius 3 is 2.53 bits per heavy atom. The van der Waals surface area contributed by atoms with Crippen LogP contribution in [0.3, 0.4) is 0 Å². The molecule has 1 atom stereocenters. The van der Waals surface area contributed by atoms with Gasteiger partial charge in [-0.25, -0.2) is 12.7 Å². The lowest BCUT2D eigenvalue weighted by molar-refractivity contribution is 0.197. The van der Waals surface area contributed by atoms with Gasteiger partial charge in [0.05, 0.1) is 5.75 Å². The minimum atomic E-state index is -3.10. The number of nitrogens with one attached hydrogen (secondary N) is 1. The molecule has 0 aromatic rings. The molecule has 0 aromatic heterocycles. The van der Waals surface area contributed by atoms with Crippen molar-refractivity contribution >= 4 is 10.0 Å². The molecular weight excluding hydrogens is 262 g/mol. The molecule has 6 heteroatoms. The van der Waals surface area contributed by atoms with Crippen LogP contribution < -0.4 is 5.32 Å². The first-order chi connectivity index (χ1) is 8.99. The maximum absolute atomic E-state index is 12.5. The molecule has 0 saturated carbocycles. The van der Waals surface area contributed by atoms with E-state index in [1.54, 1.807) is 11.4 Å². The fraction of sp³-hybridized carbons (Fsp3) is 1.00. The average molecular weight is 289 g/mol. The number of rotatable bonds is 4. The molecule has 2 fully saturated rings. The van der Waals surface area contributed by atoms with Crippen molar-refractivity contribution < 1.29 is 8.42 Å². The predicted molar refractivity (Wildman–Crippen MR) is 77.7 cm³/mol. The van der Waals surface area contributed by atoms with Crippen LogP contribution in [0.5, 0.6) is 0 Å². The molecular formula is C13H27N3O2S. The lowest BCUT2D eigenvalue weighted by Crippen LogP contribution is -2.46. The summed E-state index contributed by atoms with van der Waals surface area (Å²) in [7, 11) is 0.759. The van der Waals surface area contributed by atoms with Crippen molar-refractivity contribution in [2.24, 2.45) is 5.92 Å². The van der Waals surface area contributed by atoms with Gasteiger partial charge in [0, 0.05) is 13.1 Å². The summed E-state index contributed by atoms with van der Waals surface area (Å²) < 4.78 is 26.6. The van der Waals surface area contributed by atoms with Gasteiger partial charge in [-0.15, -0.1) is 0 Å².